The van der Waals surface area contributed by atoms with Gasteiger partial charge in [0, 0.05) is 18.8 Å². The van der Waals surface area contributed by atoms with E-state index in [9.17, 15) is 9.59 Å². The van der Waals surface area contributed by atoms with Gasteiger partial charge in [0.05, 0.1) is 13.3 Å². The van der Waals surface area contributed by atoms with Crippen LogP contribution in [0.2, 0.25) is 0 Å². The van der Waals surface area contributed by atoms with Crippen molar-refractivity contribution >= 4 is 23.8 Å². The Labute approximate surface area is 176 Å². The van der Waals surface area contributed by atoms with Gasteiger partial charge in [-0.15, -0.1) is 5.01 Å². The molecule has 0 saturated carbocycles. The van der Waals surface area contributed by atoms with Crippen molar-refractivity contribution in [2.75, 3.05) is 25.1 Å². The van der Waals surface area contributed by atoms with E-state index >= 15 is 0 Å². The lowest BCUT2D eigenvalue weighted by atomic mass is 9.92. The van der Waals surface area contributed by atoms with E-state index in [1.807, 2.05) is 12.1 Å². The van der Waals surface area contributed by atoms with Crippen LogP contribution in [0.15, 0.2) is 53.6 Å². The van der Waals surface area contributed by atoms with Crippen molar-refractivity contribution in [3.05, 3.63) is 59.7 Å². The first-order valence-electron chi connectivity index (χ1n) is 10.2. The maximum atomic E-state index is 13.0. The number of carbonyl (C=O) groups is 2. The third-order valence-corrected chi connectivity index (χ3v) is 5.77. The minimum absolute atomic E-state index is 0.418. The van der Waals surface area contributed by atoms with Crippen LogP contribution in [0.5, 0.6) is 5.75 Å². The number of benzene rings is 2. The molecule has 2 aromatic carbocycles. The van der Waals surface area contributed by atoms with E-state index in [0.29, 0.717) is 11.3 Å². The second-order valence-electron chi connectivity index (χ2n) is 7.78. The Balaban J connectivity index is 1.48. The molecule has 3 amide bonds. The van der Waals surface area contributed by atoms with Gasteiger partial charge in [0.1, 0.15) is 11.3 Å². The molecule has 0 bridgehead atoms. The molecule has 2 heterocycles. The predicted octanol–water partition coefficient (Wildman–Crippen LogP) is 3.49. The summed E-state index contributed by atoms with van der Waals surface area (Å²) < 4.78 is 5.16. The molecule has 156 valence electrons. The summed E-state index contributed by atoms with van der Waals surface area (Å²) in [7, 11) is 1.58. The van der Waals surface area contributed by atoms with Gasteiger partial charge in [-0.3, -0.25) is 4.79 Å². The van der Waals surface area contributed by atoms with E-state index in [1.54, 1.807) is 38.3 Å². The Kier molecular flexibility index (Phi) is 5.44. The number of anilines is 1. The summed E-state index contributed by atoms with van der Waals surface area (Å²) >= 11 is 0. The molecule has 0 spiro atoms. The average Bonchev–Trinajstić information content (AvgIpc) is 3.02. The molecule has 0 radical (unpaired) electrons. The summed E-state index contributed by atoms with van der Waals surface area (Å²) in [6.07, 6.45) is 5.28. The third-order valence-electron chi connectivity index (χ3n) is 5.77. The summed E-state index contributed by atoms with van der Waals surface area (Å²) in [6.45, 7) is 3.84. The van der Waals surface area contributed by atoms with Crippen molar-refractivity contribution in [2.24, 2.45) is 5.10 Å². The number of hydrogen-bond acceptors (Lipinski definition) is 5. The molecular formula is C23H26N4O3. The largest absolute Gasteiger partial charge is 0.497 e. The predicted molar refractivity (Wildman–Crippen MR) is 116 cm³/mol. The third kappa shape index (κ3) is 3.75. The topological polar surface area (TPSA) is 74.2 Å². The molecule has 0 aliphatic carbocycles. The van der Waals surface area contributed by atoms with Gasteiger partial charge in [-0.2, -0.15) is 5.10 Å². The van der Waals surface area contributed by atoms with Crippen LogP contribution < -0.4 is 15.0 Å². The Morgan fingerprint density at radius 1 is 1.00 bits per heavy atom. The summed E-state index contributed by atoms with van der Waals surface area (Å²) in [5.74, 6) is 0.265. The molecule has 4 rings (SSSR count). The SMILES string of the molecule is COc1ccc(C2(C)NC(=O)N(/N=C/c3ccc(N4CCCCC4)cc3)C2=O)cc1. The Hall–Kier alpha value is -3.35. The lowest BCUT2D eigenvalue weighted by Gasteiger charge is -2.28. The lowest BCUT2D eigenvalue weighted by molar-refractivity contribution is -0.131. The molecule has 1 N–H and O–H groups in total. The number of rotatable bonds is 5. The van der Waals surface area contributed by atoms with Crippen molar-refractivity contribution in [1.29, 1.82) is 0 Å². The molecule has 1 atom stereocenters. The normalized spacial score (nSPS) is 21.9. The smallest absolute Gasteiger partial charge is 0.346 e. The first kappa shape index (κ1) is 19.9. The lowest BCUT2D eigenvalue weighted by Crippen LogP contribution is -2.40. The zero-order valence-corrected chi connectivity index (χ0v) is 17.3. The number of piperidine rings is 1. The summed E-state index contributed by atoms with van der Waals surface area (Å²) in [4.78, 5) is 27.8. The van der Waals surface area contributed by atoms with Crippen LogP contribution in [-0.4, -0.2) is 43.4 Å². The monoisotopic (exact) mass is 406 g/mol. The van der Waals surface area contributed by atoms with Crippen LogP contribution >= 0.6 is 0 Å². The highest BCUT2D eigenvalue weighted by molar-refractivity contribution is 6.07. The van der Waals surface area contributed by atoms with Gasteiger partial charge in [-0.25, -0.2) is 4.79 Å². The Morgan fingerprint density at radius 3 is 2.30 bits per heavy atom. The van der Waals surface area contributed by atoms with Crippen LogP contribution in [0.4, 0.5) is 10.5 Å². The van der Waals surface area contributed by atoms with Gasteiger partial charge in [0.2, 0.25) is 0 Å². The fraction of sp³-hybridized carbons (Fsp3) is 0.348. The van der Waals surface area contributed by atoms with Gasteiger partial charge >= 0.3 is 6.03 Å². The Bertz CT molecular complexity index is 949. The van der Waals surface area contributed by atoms with Crippen LogP contribution in [0.25, 0.3) is 0 Å². The number of nitrogens with zero attached hydrogens (tertiary/aromatic N) is 3. The Morgan fingerprint density at radius 2 is 1.67 bits per heavy atom. The minimum Gasteiger partial charge on any atom is -0.497 e. The molecular weight excluding hydrogens is 380 g/mol. The number of urea groups is 1. The molecule has 2 aliphatic rings. The molecule has 2 fully saturated rings. The number of carbonyl (C=O) groups excluding carboxylic acids is 2. The van der Waals surface area contributed by atoms with Gasteiger partial charge in [0.15, 0.2) is 0 Å². The molecule has 0 aromatic heterocycles. The van der Waals surface area contributed by atoms with Crippen molar-refractivity contribution in [3.8, 4) is 5.75 Å². The maximum absolute atomic E-state index is 13.0. The van der Waals surface area contributed by atoms with E-state index in [-0.39, 0.29) is 0 Å². The highest BCUT2D eigenvalue weighted by Crippen LogP contribution is 2.30. The first-order chi connectivity index (χ1) is 14.5. The van der Waals surface area contributed by atoms with Crippen LogP contribution in [0.1, 0.15) is 37.3 Å². The van der Waals surface area contributed by atoms with E-state index in [0.717, 1.165) is 23.7 Å². The van der Waals surface area contributed by atoms with Crippen molar-refractivity contribution in [1.82, 2.24) is 10.3 Å². The highest BCUT2D eigenvalue weighted by Gasteiger charge is 2.49. The fourth-order valence-corrected chi connectivity index (χ4v) is 3.90. The highest BCUT2D eigenvalue weighted by atomic mass is 16.5. The second-order valence-corrected chi connectivity index (χ2v) is 7.78. The molecule has 30 heavy (non-hydrogen) atoms. The van der Waals surface area contributed by atoms with E-state index in [4.69, 9.17) is 4.74 Å². The second kappa shape index (κ2) is 8.18. The van der Waals surface area contributed by atoms with E-state index in [2.05, 4.69) is 27.5 Å². The molecule has 2 aromatic rings. The molecule has 2 saturated heterocycles. The molecule has 7 nitrogen and oxygen atoms in total. The van der Waals surface area contributed by atoms with Crippen LogP contribution in [-0.2, 0) is 10.3 Å². The van der Waals surface area contributed by atoms with Gasteiger partial charge in [0.25, 0.3) is 5.91 Å². The number of amides is 3. The quantitative estimate of drug-likeness (QED) is 0.609. The summed E-state index contributed by atoms with van der Waals surface area (Å²) in [5.41, 5.74) is 1.52. The number of nitrogens with one attached hydrogen (secondary N) is 1. The van der Waals surface area contributed by atoms with Crippen LogP contribution in [0.3, 0.4) is 0 Å². The maximum Gasteiger partial charge on any atom is 0.346 e. The van der Waals surface area contributed by atoms with E-state index in [1.165, 1.54) is 31.2 Å². The number of hydrogen-bond donors (Lipinski definition) is 1. The van der Waals surface area contributed by atoms with Gasteiger partial charge in [-0.05, 0) is 61.6 Å². The standard InChI is InChI=1S/C23H26N4O3/c1-23(18-8-12-20(30-2)13-9-18)21(28)27(22(29)25-23)24-16-17-6-10-19(11-7-17)26-14-4-3-5-15-26/h6-13,16H,3-5,14-15H2,1-2H3,(H,25,29)/b24-16+. The van der Waals surface area contributed by atoms with Crippen molar-refractivity contribution < 1.29 is 14.3 Å². The minimum atomic E-state index is -1.17. The fourth-order valence-electron chi connectivity index (χ4n) is 3.90. The molecule has 7 heteroatoms. The van der Waals surface area contributed by atoms with Crippen molar-refractivity contribution in [3.63, 3.8) is 0 Å². The van der Waals surface area contributed by atoms with Gasteiger partial charge in [-0.1, -0.05) is 24.3 Å². The number of ether oxygens (including phenoxy) is 1. The molecule has 2 aliphatic heterocycles. The molecule has 1 unspecified atom stereocenters. The number of methoxy groups -OCH3 is 1. The zero-order valence-electron chi connectivity index (χ0n) is 17.3. The first-order valence-corrected chi connectivity index (χ1v) is 10.2. The van der Waals surface area contributed by atoms with E-state index < -0.39 is 17.5 Å². The number of imide groups is 1. The summed E-state index contributed by atoms with van der Waals surface area (Å²) in [6, 6.07) is 14.5. The average molecular weight is 406 g/mol. The van der Waals surface area contributed by atoms with Gasteiger partial charge < -0.3 is 15.0 Å². The summed E-state index contributed by atoms with van der Waals surface area (Å²) in [5, 5.41) is 7.80. The van der Waals surface area contributed by atoms with Crippen molar-refractivity contribution in [2.45, 2.75) is 31.7 Å². The van der Waals surface area contributed by atoms with Crippen LogP contribution in [0, 0.1) is 0 Å². The number of hydrazone groups is 1. The zero-order chi connectivity index (χ0) is 21.1.